The Morgan fingerprint density at radius 1 is 1.29 bits per heavy atom. The van der Waals surface area contributed by atoms with Crippen LogP contribution in [0.4, 0.5) is 5.82 Å². The van der Waals surface area contributed by atoms with Crippen LogP contribution in [0, 0.1) is 0 Å². The molecular weight excluding hydrogens is 262 g/mol. The van der Waals surface area contributed by atoms with Crippen molar-refractivity contribution in [1.29, 1.82) is 0 Å². The molecule has 0 aliphatic carbocycles. The van der Waals surface area contributed by atoms with E-state index in [-0.39, 0.29) is 0 Å². The summed E-state index contributed by atoms with van der Waals surface area (Å²) in [6.07, 6.45) is 4.15. The fourth-order valence-corrected chi connectivity index (χ4v) is 2.45. The molecule has 1 aromatic rings. The lowest BCUT2D eigenvalue weighted by Gasteiger charge is -2.31. The van der Waals surface area contributed by atoms with Crippen LogP contribution in [0.5, 0.6) is 0 Å². The molecular formula is C17H31N3O. The van der Waals surface area contributed by atoms with Crippen LogP contribution in [0.1, 0.15) is 46.1 Å². The third kappa shape index (κ3) is 6.02. The average Bonchev–Trinajstić information content (AvgIpc) is 2.49. The molecule has 0 aliphatic rings. The lowest BCUT2D eigenvalue weighted by molar-refractivity contribution is 0.202. The second-order valence-corrected chi connectivity index (χ2v) is 5.71. The van der Waals surface area contributed by atoms with E-state index in [2.05, 4.69) is 55.0 Å². The topological polar surface area (TPSA) is 37.4 Å². The summed E-state index contributed by atoms with van der Waals surface area (Å²) in [6, 6.07) is 5.29. The predicted octanol–water partition coefficient (Wildman–Crippen LogP) is 3.22. The minimum Gasteiger partial charge on any atom is -0.383 e. The Morgan fingerprint density at radius 3 is 2.57 bits per heavy atom. The van der Waals surface area contributed by atoms with Gasteiger partial charge in [0.15, 0.2) is 0 Å². The molecule has 0 fully saturated rings. The van der Waals surface area contributed by atoms with Crippen LogP contribution in [0.2, 0.25) is 0 Å². The number of methoxy groups -OCH3 is 1. The van der Waals surface area contributed by atoms with Crippen molar-refractivity contribution in [3.05, 3.63) is 23.9 Å². The molecule has 0 saturated heterocycles. The van der Waals surface area contributed by atoms with Crippen LogP contribution in [-0.2, 0) is 11.3 Å². The zero-order chi connectivity index (χ0) is 15.7. The Balaban J connectivity index is 2.87. The molecule has 0 spiro atoms. The van der Waals surface area contributed by atoms with Gasteiger partial charge in [-0.2, -0.15) is 0 Å². The SMILES string of the molecule is CCC(CC)N(CCOC)c1cc(CNC(C)C)ccn1. The molecule has 0 radical (unpaired) electrons. The predicted molar refractivity (Wildman–Crippen MR) is 89.8 cm³/mol. The molecule has 1 N–H and O–H groups in total. The molecule has 4 heteroatoms. The normalized spacial score (nSPS) is 11.4. The number of rotatable bonds is 10. The van der Waals surface area contributed by atoms with Gasteiger partial charge in [-0.05, 0) is 30.5 Å². The van der Waals surface area contributed by atoms with E-state index in [1.54, 1.807) is 7.11 Å². The number of ether oxygens (including phenoxy) is 1. The van der Waals surface area contributed by atoms with E-state index in [9.17, 15) is 0 Å². The Morgan fingerprint density at radius 2 is 2.00 bits per heavy atom. The standard InChI is InChI=1S/C17H31N3O/c1-6-16(7-2)20(10-11-21-5)17-12-15(8-9-18-17)13-19-14(3)4/h8-9,12,14,16,19H,6-7,10-11,13H2,1-5H3. The highest BCUT2D eigenvalue weighted by molar-refractivity contribution is 5.42. The van der Waals surface area contributed by atoms with E-state index < -0.39 is 0 Å². The van der Waals surface area contributed by atoms with Crippen LogP contribution in [0.15, 0.2) is 18.3 Å². The minimum atomic E-state index is 0.491. The summed E-state index contributed by atoms with van der Waals surface area (Å²) in [7, 11) is 1.75. The second kappa shape index (κ2) is 9.74. The van der Waals surface area contributed by atoms with Gasteiger partial charge in [0.1, 0.15) is 5.82 Å². The van der Waals surface area contributed by atoms with E-state index in [0.29, 0.717) is 12.1 Å². The summed E-state index contributed by atoms with van der Waals surface area (Å²) in [5, 5.41) is 3.46. The molecule has 120 valence electrons. The van der Waals surface area contributed by atoms with Gasteiger partial charge in [-0.1, -0.05) is 27.7 Å². The summed E-state index contributed by atoms with van der Waals surface area (Å²) >= 11 is 0. The molecule has 0 saturated carbocycles. The number of nitrogens with zero attached hydrogens (tertiary/aromatic N) is 2. The molecule has 0 unspecified atom stereocenters. The van der Waals surface area contributed by atoms with E-state index in [1.165, 1.54) is 5.56 Å². The first kappa shape index (κ1) is 17.9. The van der Waals surface area contributed by atoms with E-state index in [1.807, 2.05) is 6.20 Å². The van der Waals surface area contributed by atoms with E-state index in [4.69, 9.17) is 4.74 Å². The van der Waals surface area contributed by atoms with Crippen molar-refractivity contribution in [1.82, 2.24) is 10.3 Å². The number of anilines is 1. The maximum Gasteiger partial charge on any atom is 0.129 e. The zero-order valence-electron chi connectivity index (χ0n) is 14.2. The third-order valence-corrected chi connectivity index (χ3v) is 3.74. The summed E-state index contributed by atoms with van der Waals surface area (Å²) in [5.74, 6) is 1.06. The molecule has 4 nitrogen and oxygen atoms in total. The van der Waals surface area contributed by atoms with Gasteiger partial charge in [0.05, 0.1) is 6.61 Å². The molecule has 1 rings (SSSR count). The van der Waals surface area contributed by atoms with Crippen LogP contribution >= 0.6 is 0 Å². The summed E-state index contributed by atoms with van der Waals surface area (Å²) < 4.78 is 5.26. The Bertz CT molecular complexity index is 391. The maximum absolute atomic E-state index is 5.26. The molecule has 21 heavy (non-hydrogen) atoms. The quantitative estimate of drug-likeness (QED) is 0.719. The summed E-state index contributed by atoms with van der Waals surface area (Å²) in [6.45, 7) is 11.3. The van der Waals surface area contributed by atoms with Gasteiger partial charge in [-0.15, -0.1) is 0 Å². The van der Waals surface area contributed by atoms with Crippen LogP contribution < -0.4 is 10.2 Å². The monoisotopic (exact) mass is 293 g/mol. The molecule has 0 atom stereocenters. The van der Waals surface area contributed by atoms with Gasteiger partial charge < -0.3 is 15.0 Å². The van der Waals surface area contributed by atoms with Crippen LogP contribution in [-0.4, -0.2) is 37.3 Å². The van der Waals surface area contributed by atoms with Crippen molar-refractivity contribution in [2.75, 3.05) is 25.2 Å². The maximum atomic E-state index is 5.26. The lowest BCUT2D eigenvalue weighted by Crippen LogP contribution is -2.37. The van der Waals surface area contributed by atoms with Crippen molar-refractivity contribution in [2.24, 2.45) is 0 Å². The Labute approximate surface area is 129 Å². The zero-order valence-corrected chi connectivity index (χ0v) is 14.2. The lowest BCUT2D eigenvalue weighted by atomic mass is 10.1. The van der Waals surface area contributed by atoms with Gasteiger partial charge in [0.25, 0.3) is 0 Å². The average molecular weight is 293 g/mol. The Kier molecular flexibility index (Phi) is 8.31. The number of aromatic nitrogens is 1. The van der Waals surface area contributed by atoms with Crippen molar-refractivity contribution in [2.45, 2.75) is 59.2 Å². The van der Waals surface area contributed by atoms with Crippen LogP contribution in [0.25, 0.3) is 0 Å². The first-order valence-corrected chi connectivity index (χ1v) is 8.06. The summed E-state index contributed by atoms with van der Waals surface area (Å²) in [4.78, 5) is 6.96. The smallest absolute Gasteiger partial charge is 0.129 e. The largest absolute Gasteiger partial charge is 0.383 e. The van der Waals surface area contributed by atoms with Gasteiger partial charge in [-0.3, -0.25) is 0 Å². The van der Waals surface area contributed by atoms with E-state index >= 15 is 0 Å². The number of hydrogen-bond donors (Lipinski definition) is 1. The van der Waals surface area contributed by atoms with Gasteiger partial charge in [-0.25, -0.2) is 4.98 Å². The first-order valence-electron chi connectivity index (χ1n) is 8.06. The third-order valence-electron chi connectivity index (χ3n) is 3.74. The highest BCUT2D eigenvalue weighted by atomic mass is 16.5. The first-order chi connectivity index (χ1) is 10.1. The highest BCUT2D eigenvalue weighted by Gasteiger charge is 2.16. The molecule has 0 aliphatic heterocycles. The number of pyridine rings is 1. The summed E-state index contributed by atoms with van der Waals surface area (Å²) in [5.41, 5.74) is 1.28. The fraction of sp³-hybridized carbons (Fsp3) is 0.706. The second-order valence-electron chi connectivity index (χ2n) is 5.71. The van der Waals surface area contributed by atoms with Gasteiger partial charge in [0, 0.05) is 38.5 Å². The number of nitrogens with one attached hydrogen (secondary N) is 1. The van der Waals surface area contributed by atoms with Crippen LogP contribution in [0.3, 0.4) is 0 Å². The number of hydrogen-bond acceptors (Lipinski definition) is 4. The molecule has 0 aromatic carbocycles. The molecule has 1 heterocycles. The molecule has 0 bridgehead atoms. The van der Waals surface area contributed by atoms with Crippen molar-refractivity contribution in [3.63, 3.8) is 0 Å². The highest BCUT2D eigenvalue weighted by Crippen LogP contribution is 2.19. The molecule has 0 amide bonds. The van der Waals surface area contributed by atoms with Gasteiger partial charge in [0.2, 0.25) is 0 Å². The fourth-order valence-electron chi connectivity index (χ4n) is 2.45. The Hall–Kier alpha value is -1.13. The minimum absolute atomic E-state index is 0.491. The van der Waals surface area contributed by atoms with Crippen molar-refractivity contribution >= 4 is 5.82 Å². The van der Waals surface area contributed by atoms with Crippen molar-refractivity contribution < 1.29 is 4.74 Å². The van der Waals surface area contributed by atoms with Gasteiger partial charge >= 0.3 is 0 Å². The van der Waals surface area contributed by atoms with Crippen molar-refractivity contribution in [3.8, 4) is 0 Å². The van der Waals surface area contributed by atoms with E-state index in [0.717, 1.165) is 38.4 Å². The molecule has 1 aromatic heterocycles.